The third kappa shape index (κ3) is 6.82. The quantitative estimate of drug-likeness (QED) is 0.181. The summed E-state index contributed by atoms with van der Waals surface area (Å²) >= 11 is 0. The molecule has 0 aliphatic carbocycles. The van der Waals surface area contributed by atoms with Gasteiger partial charge < -0.3 is 19.1 Å². The summed E-state index contributed by atoms with van der Waals surface area (Å²) in [6.07, 6.45) is -4.42. The standard InChI is InChI=1S/C29H24F3NO4/c1-20(34)37-28-5-3-4-25(18-28)33(24-12-16-27(17-13-24)36-19-29(30,31)32)23-10-6-21(7-11-23)22-8-14-26(35-2)15-9-22/h3-18H,19H2,1-2H3. The maximum atomic E-state index is 12.5. The predicted octanol–water partition coefficient (Wildman–Crippen LogP) is 7.70. The van der Waals surface area contributed by atoms with E-state index < -0.39 is 18.8 Å². The Balaban J connectivity index is 1.68. The van der Waals surface area contributed by atoms with Crippen LogP contribution in [0.4, 0.5) is 30.2 Å². The number of anilines is 3. The molecule has 0 aliphatic rings. The fourth-order valence-corrected chi connectivity index (χ4v) is 3.74. The number of benzene rings is 4. The topological polar surface area (TPSA) is 48.0 Å². The summed E-state index contributed by atoms with van der Waals surface area (Å²) in [6, 6.07) is 28.8. The zero-order valence-corrected chi connectivity index (χ0v) is 20.2. The van der Waals surface area contributed by atoms with E-state index in [1.807, 2.05) is 59.5 Å². The smallest absolute Gasteiger partial charge is 0.422 e. The lowest BCUT2D eigenvalue weighted by molar-refractivity contribution is -0.153. The van der Waals surface area contributed by atoms with E-state index in [4.69, 9.17) is 14.2 Å². The van der Waals surface area contributed by atoms with Crippen LogP contribution in [0.5, 0.6) is 17.2 Å². The van der Waals surface area contributed by atoms with Gasteiger partial charge in [-0.15, -0.1) is 0 Å². The Morgan fingerprint density at radius 1 is 0.730 bits per heavy atom. The van der Waals surface area contributed by atoms with Crippen molar-refractivity contribution in [2.45, 2.75) is 13.1 Å². The molecule has 0 saturated heterocycles. The minimum absolute atomic E-state index is 0.101. The number of rotatable bonds is 8. The molecular formula is C29H24F3NO4. The van der Waals surface area contributed by atoms with Gasteiger partial charge in [-0.2, -0.15) is 13.2 Å². The zero-order chi connectivity index (χ0) is 26.4. The maximum Gasteiger partial charge on any atom is 0.422 e. The SMILES string of the molecule is COc1ccc(-c2ccc(N(c3ccc(OCC(F)(F)F)cc3)c3cccc(OC(C)=O)c3)cc2)cc1. The largest absolute Gasteiger partial charge is 0.497 e. The Labute approximate surface area is 212 Å². The number of esters is 1. The lowest BCUT2D eigenvalue weighted by atomic mass is 10.0. The number of alkyl halides is 3. The van der Waals surface area contributed by atoms with Gasteiger partial charge in [-0.05, 0) is 71.8 Å². The second-order valence-corrected chi connectivity index (χ2v) is 8.10. The first-order chi connectivity index (χ1) is 17.7. The summed E-state index contributed by atoms with van der Waals surface area (Å²) in [5.41, 5.74) is 4.18. The zero-order valence-electron chi connectivity index (χ0n) is 20.2. The highest BCUT2D eigenvalue weighted by molar-refractivity contribution is 5.79. The molecule has 0 N–H and O–H groups in total. The van der Waals surface area contributed by atoms with E-state index in [1.165, 1.54) is 19.1 Å². The van der Waals surface area contributed by atoms with Gasteiger partial charge in [0.1, 0.15) is 17.2 Å². The van der Waals surface area contributed by atoms with Gasteiger partial charge >= 0.3 is 12.1 Å². The first-order valence-electron chi connectivity index (χ1n) is 11.3. The molecule has 0 unspecified atom stereocenters. The molecule has 0 aliphatic heterocycles. The monoisotopic (exact) mass is 507 g/mol. The lowest BCUT2D eigenvalue weighted by Gasteiger charge is -2.26. The highest BCUT2D eigenvalue weighted by atomic mass is 19.4. The summed E-state index contributed by atoms with van der Waals surface area (Å²) in [7, 11) is 1.61. The van der Waals surface area contributed by atoms with Crippen LogP contribution in [-0.2, 0) is 4.79 Å². The third-order valence-corrected chi connectivity index (χ3v) is 5.38. The molecule has 4 aromatic carbocycles. The number of halogens is 3. The van der Waals surface area contributed by atoms with Crippen LogP contribution in [0.3, 0.4) is 0 Å². The molecule has 37 heavy (non-hydrogen) atoms. The molecule has 0 amide bonds. The molecule has 4 aromatic rings. The Morgan fingerprint density at radius 3 is 1.81 bits per heavy atom. The molecule has 0 heterocycles. The number of hydrogen-bond acceptors (Lipinski definition) is 5. The molecule has 0 aromatic heterocycles. The minimum atomic E-state index is -4.42. The number of carbonyl (C=O) groups is 1. The van der Waals surface area contributed by atoms with Crippen molar-refractivity contribution < 1.29 is 32.2 Å². The number of ether oxygens (including phenoxy) is 3. The van der Waals surface area contributed by atoms with Crippen molar-refractivity contribution >= 4 is 23.0 Å². The Hall–Kier alpha value is -4.46. The van der Waals surface area contributed by atoms with Gasteiger partial charge in [-0.25, -0.2) is 0 Å². The molecule has 190 valence electrons. The highest BCUT2D eigenvalue weighted by Gasteiger charge is 2.28. The molecule has 0 radical (unpaired) electrons. The minimum Gasteiger partial charge on any atom is -0.497 e. The van der Waals surface area contributed by atoms with Crippen molar-refractivity contribution in [3.05, 3.63) is 97.1 Å². The van der Waals surface area contributed by atoms with Gasteiger partial charge in [0, 0.05) is 30.1 Å². The van der Waals surface area contributed by atoms with Crippen molar-refractivity contribution in [1.29, 1.82) is 0 Å². The van der Waals surface area contributed by atoms with E-state index in [0.717, 1.165) is 22.6 Å². The van der Waals surface area contributed by atoms with E-state index >= 15 is 0 Å². The number of nitrogens with zero attached hydrogens (tertiary/aromatic N) is 1. The number of hydrogen-bond donors (Lipinski definition) is 0. The van der Waals surface area contributed by atoms with Gasteiger partial charge in [-0.1, -0.05) is 30.3 Å². The number of methoxy groups -OCH3 is 1. The van der Waals surface area contributed by atoms with Crippen molar-refractivity contribution in [2.75, 3.05) is 18.6 Å². The van der Waals surface area contributed by atoms with Crippen molar-refractivity contribution in [3.8, 4) is 28.4 Å². The van der Waals surface area contributed by atoms with Gasteiger partial charge in [-0.3, -0.25) is 4.79 Å². The average molecular weight is 508 g/mol. The van der Waals surface area contributed by atoms with Crippen LogP contribution in [0.2, 0.25) is 0 Å². The predicted molar refractivity (Wildman–Crippen MR) is 136 cm³/mol. The second kappa shape index (κ2) is 11.1. The summed E-state index contributed by atoms with van der Waals surface area (Å²) in [4.78, 5) is 13.4. The molecule has 0 fully saturated rings. The van der Waals surface area contributed by atoms with Crippen LogP contribution in [-0.4, -0.2) is 25.9 Å². The highest BCUT2D eigenvalue weighted by Crippen LogP contribution is 2.38. The second-order valence-electron chi connectivity index (χ2n) is 8.10. The molecular weight excluding hydrogens is 483 g/mol. The van der Waals surface area contributed by atoms with E-state index in [0.29, 0.717) is 17.1 Å². The van der Waals surface area contributed by atoms with Crippen LogP contribution in [0.25, 0.3) is 11.1 Å². The molecule has 5 nitrogen and oxygen atoms in total. The van der Waals surface area contributed by atoms with Gasteiger partial charge in [0.25, 0.3) is 0 Å². The first-order valence-corrected chi connectivity index (χ1v) is 11.3. The summed E-state index contributed by atoms with van der Waals surface area (Å²) < 4.78 is 52.9. The maximum absolute atomic E-state index is 12.5. The van der Waals surface area contributed by atoms with Crippen LogP contribution in [0.15, 0.2) is 97.1 Å². The molecule has 0 atom stereocenters. The van der Waals surface area contributed by atoms with Crippen LogP contribution in [0.1, 0.15) is 6.92 Å². The van der Waals surface area contributed by atoms with E-state index in [2.05, 4.69) is 0 Å². The fourth-order valence-electron chi connectivity index (χ4n) is 3.74. The average Bonchev–Trinajstić information content (AvgIpc) is 2.88. The van der Waals surface area contributed by atoms with Crippen LogP contribution >= 0.6 is 0 Å². The molecule has 0 bridgehead atoms. The van der Waals surface area contributed by atoms with Crippen LogP contribution < -0.4 is 19.1 Å². The Morgan fingerprint density at radius 2 is 1.27 bits per heavy atom. The van der Waals surface area contributed by atoms with Crippen molar-refractivity contribution in [2.24, 2.45) is 0 Å². The lowest BCUT2D eigenvalue weighted by Crippen LogP contribution is -2.19. The molecule has 8 heteroatoms. The third-order valence-electron chi connectivity index (χ3n) is 5.38. The van der Waals surface area contributed by atoms with Gasteiger partial charge in [0.15, 0.2) is 6.61 Å². The van der Waals surface area contributed by atoms with Crippen molar-refractivity contribution in [3.63, 3.8) is 0 Å². The first kappa shape index (κ1) is 25.6. The molecule has 4 rings (SSSR count). The Bertz CT molecular complexity index is 1340. The Kier molecular flexibility index (Phi) is 7.67. The van der Waals surface area contributed by atoms with Crippen molar-refractivity contribution in [1.82, 2.24) is 0 Å². The van der Waals surface area contributed by atoms with E-state index in [1.54, 1.807) is 37.4 Å². The summed E-state index contributed by atoms with van der Waals surface area (Å²) in [5, 5.41) is 0. The van der Waals surface area contributed by atoms with Crippen LogP contribution in [0, 0.1) is 0 Å². The normalized spacial score (nSPS) is 11.1. The van der Waals surface area contributed by atoms with Gasteiger partial charge in [0.2, 0.25) is 0 Å². The summed E-state index contributed by atoms with van der Waals surface area (Å²) in [5.74, 6) is 0.792. The molecule has 0 saturated carbocycles. The van der Waals surface area contributed by atoms with E-state index in [-0.39, 0.29) is 5.75 Å². The number of carbonyl (C=O) groups excluding carboxylic acids is 1. The van der Waals surface area contributed by atoms with Gasteiger partial charge in [0.05, 0.1) is 7.11 Å². The summed E-state index contributed by atoms with van der Waals surface area (Å²) in [6.45, 7) is -0.0463. The molecule has 0 spiro atoms. The van der Waals surface area contributed by atoms with E-state index in [9.17, 15) is 18.0 Å². The fraction of sp³-hybridized carbons (Fsp3) is 0.138.